The number of hydrazine groups is 1. The minimum Gasteiger partial charge on any atom is -0.302 e. The molecule has 0 fully saturated rings. The number of nitrogens with zero attached hydrogens (tertiary/aromatic N) is 2. The number of nitrogen functional groups attached to an aromatic ring is 1. The normalized spacial score (nSPS) is 10.6. The van der Waals surface area contributed by atoms with Gasteiger partial charge in [-0.3, -0.25) is 10.2 Å². The molecule has 0 atom stereocenters. The number of aromatic nitrogens is 2. The van der Waals surface area contributed by atoms with Gasteiger partial charge in [0.15, 0.2) is 0 Å². The van der Waals surface area contributed by atoms with E-state index in [4.69, 9.17) is 5.84 Å². The number of imidazole rings is 1. The Hall–Kier alpha value is -1.40. The molecule has 6 heteroatoms. The predicted octanol–water partition coefficient (Wildman–Crippen LogP) is 1.01. The Morgan fingerprint density at radius 3 is 3.00 bits per heavy atom. The van der Waals surface area contributed by atoms with E-state index in [1.165, 1.54) is 0 Å². The van der Waals surface area contributed by atoms with Crippen molar-refractivity contribution in [2.24, 2.45) is 5.84 Å². The number of aryl methyl sites for hydroxylation is 1. The smallest absolute Gasteiger partial charge is 0.285 e. The van der Waals surface area contributed by atoms with Crippen molar-refractivity contribution >= 4 is 27.5 Å². The van der Waals surface area contributed by atoms with Gasteiger partial charge < -0.3 is 4.40 Å². The molecule has 0 aliphatic carbocycles. The highest BCUT2D eigenvalue weighted by molar-refractivity contribution is 9.10. The molecule has 0 spiro atoms. The highest BCUT2D eigenvalue weighted by Gasteiger charge is 2.10. The first-order chi connectivity index (χ1) is 7.13. The van der Waals surface area contributed by atoms with Gasteiger partial charge in [0, 0.05) is 16.4 Å². The Balaban J connectivity index is 2.66. The van der Waals surface area contributed by atoms with Crippen LogP contribution in [-0.2, 0) is 0 Å². The zero-order valence-corrected chi connectivity index (χ0v) is 9.58. The Morgan fingerprint density at radius 1 is 1.60 bits per heavy atom. The second kappa shape index (κ2) is 3.63. The van der Waals surface area contributed by atoms with Gasteiger partial charge in [0.2, 0.25) is 0 Å². The summed E-state index contributed by atoms with van der Waals surface area (Å²) in [5.41, 5.74) is 4.05. The van der Waals surface area contributed by atoms with Crippen LogP contribution in [0.3, 0.4) is 0 Å². The summed E-state index contributed by atoms with van der Waals surface area (Å²) in [4.78, 5) is 15.4. The predicted molar refractivity (Wildman–Crippen MR) is 59.3 cm³/mol. The lowest BCUT2D eigenvalue weighted by Gasteiger charge is -2.00. The standard InChI is InChI=1S/C9H9BrN4O/c1-5-6(10)2-3-8-12-7(4-14(5)8)9(15)13-11/h2-4H,11H2,1H3,(H,13,15). The Labute approximate surface area is 94.4 Å². The van der Waals surface area contributed by atoms with Crippen molar-refractivity contribution in [2.45, 2.75) is 6.92 Å². The topological polar surface area (TPSA) is 72.4 Å². The monoisotopic (exact) mass is 268 g/mol. The number of rotatable bonds is 1. The van der Waals surface area contributed by atoms with Gasteiger partial charge in [0.25, 0.3) is 5.91 Å². The maximum absolute atomic E-state index is 11.3. The first-order valence-electron chi connectivity index (χ1n) is 4.28. The third-order valence-electron chi connectivity index (χ3n) is 2.18. The van der Waals surface area contributed by atoms with Crippen LogP contribution in [0.15, 0.2) is 22.8 Å². The largest absolute Gasteiger partial charge is 0.302 e. The molecule has 0 saturated heterocycles. The van der Waals surface area contributed by atoms with Crippen molar-refractivity contribution in [3.8, 4) is 0 Å². The summed E-state index contributed by atoms with van der Waals surface area (Å²) in [5.74, 6) is 4.64. The average Bonchev–Trinajstić information content (AvgIpc) is 2.67. The van der Waals surface area contributed by atoms with E-state index in [-0.39, 0.29) is 0 Å². The van der Waals surface area contributed by atoms with Gasteiger partial charge in [0.05, 0.1) is 0 Å². The lowest BCUT2D eigenvalue weighted by atomic mass is 10.4. The van der Waals surface area contributed by atoms with Crippen LogP contribution in [0.5, 0.6) is 0 Å². The molecule has 2 rings (SSSR count). The van der Waals surface area contributed by atoms with Crippen molar-refractivity contribution in [1.29, 1.82) is 0 Å². The second-order valence-electron chi connectivity index (χ2n) is 3.09. The van der Waals surface area contributed by atoms with Gasteiger partial charge in [-0.25, -0.2) is 10.8 Å². The molecule has 0 radical (unpaired) electrons. The average molecular weight is 269 g/mol. The molecule has 2 aromatic rings. The van der Waals surface area contributed by atoms with Crippen molar-refractivity contribution in [2.75, 3.05) is 0 Å². The molecule has 0 aliphatic heterocycles. The number of nitrogens with two attached hydrogens (primary N) is 1. The van der Waals surface area contributed by atoms with E-state index in [0.717, 1.165) is 10.2 Å². The van der Waals surface area contributed by atoms with Gasteiger partial charge in [-0.05, 0) is 35.0 Å². The fraction of sp³-hybridized carbons (Fsp3) is 0.111. The highest BCUT2D eigenvalue weighted by atomic mass is 79.9. The number of carbonyl (C=O) groups excluding carboxylic acids is 1. The van der Waals surface area contributed by atoms with Crippen molar-refractivity contribution < 1.29 is 4.79 Å². The minimum atomic E-state index is -0.394. The number of amides is 1. The number of carbonyl (C=O) groups is 1. The maximum Gasteiger partial charge on any atom is 0.285 e. The molecule has 0 unspecified atom stereocenters. The maximum atomic E-state index is 11.3. The molecule has 15 heavy (non-hydrogen) atoms. The summed E-state index contributed by atoms with van der Waals surface area (Å²) in [6.07, 6.45) is 1.65. The fourth-order valence-corrected chi connectivity index (χ4v) is 1.67. The first-order valence-corrected chi connectivity index (χ1v) is 5.08. The molecule has 78 valence electrons. The number of pyridine rings is 1. The molecule has 0 aliphatic rings. The molecular formula is C9H9BrN4O. The van der Waals surface area contributed by atoms with Crippen LogP contribution in [-0.4, -0.2) is 15.3 Å². The molecule has 5 nitrogen and oxygen atoms in total. The third kappa shape index (κ3) is 1.62. The van der Waals surface area contributed by atoms with Crippen LogP contribution >= 0.6 is 15.9 Å². The van der Waals surface area contributed by atoms with Crippen molar-refractivity contribution in [3.63, 3.8) is 0 Å². The van der Waals surface area contributed by atoms with E-state index in [1.807, 2.05) is 28.9 Å². The van der Waals surface area contributed by atoms with Crippen LogP contribution < -0.4 is 11.3 Å². The minimum absolute atomic E-state index is 0.304. The summed E-state index contributed by atoms with van der Waals surface area (Å²) < 4.78 is 2.79. The Kier molecular flexibility index (Phi) is 2.45. The molecule has 1 amide bonds. The van der Waals surface area contributed by atoms with Crippen LogP contribution in [0, 0.1) is 6.92 Å². The van der Waals surface area contributed by atoms with Gasteiger partial charge in [0.1, 0.15) is 11.3 Å². The summed E-state index contributed by atoms with van der Waals surface area (Å²) in [6.45, 7) is 1.93. The molecule has 0 bridgehead atoms. The molecule has 0 saturated carbocycles. The molecule has 2 aromatic heterocycles. The molecular weight excluding hydrogens is 260 g/mol. The van der Waals surface area contributed by atoms with E-state index in [0.29, 0.717) is 11.3 Å². The SMILES string of the molecule is Cc1c(Br)ccc2nc(C(=O)NN)cn12. The number of hydrogen-bond acceptors (Lipinski definition) is 3. The number of nitrogens with one attached hydrogen (secondary N) is 1. The number of hydrogen-bond donors (Lipinski definition) is 2. The van der Waals surface area contributed by atoms with Gasteiger partial charge >= 0.3 is 0 Å². The lowest BCUT2D eigenvalue weighted by molar-refractivity contribution is 0.0949. The van der Waals surface area contributed by atoms with Crippen LogP contribution in [0.2, 0.25) is 0 Å². The van der Waals surface area contributed by atoms with Crippen LogP contribution in [0.25, 0.3) is 5.65 Å². The van der Waals surface area contributed by atoms with Crippen molar-refractivity contribution in [3.05, 3.63) is 34.2 Å². The van der Waals surface area contributed by atoms with E-state index >= 15 is 0 Å². The summed E-state index contributed by atoms with van der Waals surface area (Å²) in [7, 11) is 0. The highest BCUT2D eigenvalue weighted by Crippen LogP contribution is 2.18. The Bertz CT molecular complexity index is 534. The van der Waals surface area contributed by atoms with Gasteiger partial charge in [-0.15, -0.1) is 0 Å². The van der Waals surface area contributed by atoms with Crippen molar-refractivity contribution in [1.82, 2.24) is 14.8 Å². The van der Waals surface area contributed by atoms with Gasteiger partial charge in [-0.1, -0.05) is 0 Å². The Morgan fingerprint density at radius 2 is 2.33 bits per heavy atom. The van der Waals surface area contributed by atoms with Crippen LogP contribution in [0.1, 0.15) is 16.2 Å². The summed E-state index contributed by atoms with van der Waals surface area (Å²) in [6, 6.07) is 3.71. The third-order valence-corrected chi connectivity index (χ3v) is 3.02. The van der Waals surface area contributed by atoms with E-state index in [9.17, 15) is 4.79 Å². The van der Waals surface area contributed by atoms with Gasteiger partial charge in [-0.2, -0.15) is 0 Å². The molecule has 3 N–H and O–H groups in total. The quantitative estimate of drug-likeness (QED) is 0.461. The van der Waals surface area contributed by atoms with E-state index < -0.39 is 5.91 Å². The zero-order chi connectivity index (χ0) is 11.0. The fourth-order valence-electron chi connectivity index (χ4n) is 1.35. The molecule has 2 heterocycles. The first kappa shape index (κ1) is 10.1. The summed E-state index contributed by atoms with van der Waals surface area (Å²) in [5, 5.41) is 0. The zero-order valence-electron chi connectivity index (χ0n) is 7.99. The van der Waals surface area contributed by atoms with E-state index in [2.05, 4.69) is 20.9 Å². The second-order valence-corrected chi connectivity index (χ2v) is 3.95. The lowest BCUT2D eigenvalue weighted by Crippen LogP contribution is -2.30. The summed E-state index contributed by atoms with van der Waals surface area (Å²) >= 11 is 3.41. The molecule has 0 aromatic carbocycles. The number of halogens is 1. The van der Waals surface area contributed by atoms with E-state index in [1.54, 1.807) is 6.20 Å². The van der Waals surface area contributed by atoms with Crippen LogP contribution in [0.4, 0.5) is 0 Å². The number of fused-ring (bicyclic) bond motifs is 1.